The van der Waals surface area contributed by atoms with Gasteiger partial charge in [0.25, 0.3) is 0 Å². The van der Waals surface area contributed by atoms with Gasteiger partial charge in [-0.3, -0.25) is 0 Å². The fourth-order valence-electron chi connectivity index (χ4n) is 3.81. The zero-order chi connectivity index (χ0) is 21.9. The number of hydrogen-bond acceptors (Lipinski definition) is 4. The number of aromatic nitrogens is 2. The smallest absolute Gasteiger partial charge is 0.230 e. The van der Waals surface area contributed by atoms with Crippen molar-refractivity contribution < 1.29 is 0 Å². The average Bonchev–Trinajstić information content (AvgIpc) is 3.44. The van der Waals surface area contributed by atoms with Gasteiger partial charge >= 0.3 is 0 Å². The second-order valence-electron chi connectivity index (χ2n) is 7.63. The fourth-order valence-corrected chi connectivity index (χ4v) is 4.65. The van der Waals surface area contributed by atoms with Crippen molar-refractivity contribution in [2.45, 2.75) is 19.5 Å². The molecule has 0 bridgehead atoms. The van der Waals surface area contributed by atoms with Crippen LogP contribution in [0.25, 0.3) is 22.2 Å². The number of halogens is 1. The van der Waals surface area contributed by atoms with Crippen LogP contribution in [0.2, 0.25) is 5.02 Å². The van der Waals surface area contributed by atoms with Crippen molar-refractivity contribution in [2.75, 3.05) is 0 Å². The highest BCUT2D eigenvalue weighted by atomic mass is 35.5. The van der Waals surface area contributed by atoms with Crippen LogP contribution in [0.15, 0.2) is 101 Å². The quantitative estimate of drug-likeness (QED) is 0.237. The Kier molecular flexibility index (Phi) is 5.84. The second-order valence-corrected chi connectivity index (χ2v) is 8.91. The van der Waals surface area contributed by atoms with E-state index in [1.165, 1.54) is 27.8 Å². The van der Waals surface area contributed by atoms with Crippen LogP contribution in [0.1, 0.15) is 24.1 Å². The third-order valence-electron chi connectivity index (χ3n) is 5.39. The zero-order valence-corrected chi connectivity index (χ0v) is 19.1. The molecule has 0 radical (unpaired) electrons. The molecule has 0 aliphatic heterocycles. The predicted octanol–water partition coefficient (Wildman–Crippen LogP) is 8.31. The van der Waals surface area contributed by atoms with Gasteiger partial charge in [0.15, 0.2) is 0 Å². The van der Waals surface area contributed by atoms with Gasteiger partial charge in [-0.2, -0.15) is 5.11 Å². The van der Waals surface area contributed by atoms with Gasteiger partial charge in [-0.25, -0.2) is 4.98 Å². The summed E-state index contributed by atoms with van der Waals surface area (Å²) in [5.74, 6) is 0. The Bertz CT molecular complexity index is 1390. The molecular formula is C26H21ClN4S. The van der Waals surface area contributed by atoms with E-state index in [9.17, 15) is 0 Å². The van der Waals surface area contributed by atoms with Crippen LogP contribution in [0.5, 0.6) is 0 Å². The molecule has 0 saturated heterocycles. The summed E-state index contributed by atoms with van der Waals surface area (Å²) < 4.78 is 2.28. The van der Waals surface area contributed by atoms with E-state index < -0.39 is 0 Å². The van der Waals surface area contributed by atoms with E-state index in [0.29, 0.717) is 10.2 Å². The maximum atomic E-state index is 6.10. The Morgan fingerprint density at radius 2 is 1.81 bits per heavy atom. The van der Waals surface area contributed by atoms with Gasteiger partial charge in [-0.1, -0.05) is 72.3 Å². The maximum Gasteiger partial charge on any atom is 0.230 e. The summed E-state index contributed by atoms with van der Waals surface area (Å²) in [5, 5.41) is 13.6. The fraction of sp³-hybridized carbons (Fsp3) is 0.115. The molecule has 32 heavy (non-hydrogen) atoms. The summed E-state index contributed by atoms with van der Waals surface area (Å²) in [6.45, 7) is 2.89. The lowest BCUT2D eigenvalue weighted by Crippen LogP contribution is -1.97. The number of nitrogens with zero attached hydrogens (tertiary/aromatic N) is 4. The van der Waals surface area contributed by atoms with E-state index in [0.717, 1.165) is 23.4 Å². The average molecular weight is 457 g/mol. The van der Waals surface area contributed by atoms with Crippen LogP contribution in [0.3, 0.4) is 0 Å². The lowest BCUT2D eigenvalue weighted by Gasteiger charge is -2.05. The normalized spacial score (nSPS) is 12.6. The number of fused-ring (bicyclic) bond motifs is 1. The number of para-hydroxylation sites is 1. The maximum absolute atomic E-state index is 6.10. The molecule has 3 aromatic carbocycles. The largest absolute Gasteiger partial charge is 0.343 e. The SMILES string of the molecule is CC(N=Nc1nc(-c2cccc(Cl)c2)cs1)c1cn(Cc2ccccc2)c2ccccc12. The van der Waals surface area contributed by atoms with Crippen molar-refractivity contribution in [3.05, 3.63) is 107 Å². The molecule has 2 aromatic heterocycles. The van der Waals surface area contributed by atoms with E-state index in [4.69, 9.17) is 11.6 Å². The molecule has 0 aliphatic rings. The van der Waals surface area contributed by atoms with Crippen LogP contribution in [0, 0.1) is 0 Å². The molecule has 0 N–H and O–H groups in total. The van der Waals surface area contributed by atoms with Gasteiger partial charge in [0.1, 0.15) is 0 Å². The molecule has 6 heteroatoms. The van der Waals surface area contributed by atoms with Crippen molar-refractivity contribution in [1.29, 1.82) is 0 Å². The molecular weight excluding hydrogens is 436 g/mol. The summed E-state index contributed by atoms with van der Waals surface area (Å²) in [6.07, 6.45) is 2.20. The zero-order valence-electron chi connectivity index (χ0n) is 17.5. The molecule has 158 valence electrons. The van der Waals surface area contributed by atoms with Gasteiger partial charge in [-0.05, 0) is 30.7 Å². The minimum Gasteiger partial charge on any atom is -0.343 e. The monoisotopic (exact) mass is 456 g/mol. The van der Waals surface area contributed by atoms with Gasteiger partial charge in [0, 0.05) is 45.2 Å². The molecule has 2 heterocycles. The van der Waals surface area contributed by atoms with Gasteiger partial charge < -0.3 is 4.57 Å². The Morgan fingerprint density at radius 3 is 2.66 bits per heavy atom. The Balaban J connectivity index is 1.40. The van der Waals surface area contributed by atoms with Crippen LogP contribution in [0.4, 0.5) is 5.13 Å². The third-order valence-corrected chi connectivity index (χ3v) is 6.35. The molecule has 0 fully saturated rings. The minimum atomic E-state index is -0.0876. The Morgan fingerprint density at radius 1 is 1.00 bits per heavy atom. The van der Waals surface area contributed by atoms with Crippen LogP contribution in [-0.4, -0.2) is 9.55 Å². The van der Waals surface area contributed by atoms with Gasteiger partial charge in [-0.15, -0.1) is 16.5 Å². The lowest BCUT2D eigenvalue weighted by atomic mass is 10.1. The summed E-state index contributed by atoms with van der Waals surface area (Å²) in [4.78, 5) is 4.60. The van der Waals surface area contributed by atoms with Gasteiger partial charge in [0.05, 0.1) is 11.7 Å². The van der Waals surface area contributed by atoms with Crippen molar-refractivity contribution in [3.63, 3.8) is 0 Å². The van der Waals surface area contributed by atoms with Gasteiger partial charge in [0.2, 0.25) is 5.13 Å². The highest BCUT2D eigenvalue weighted by molar-refractivity contribution is 7.13. The van der Waals surface area contributed by atoms with Crippen LogP contribution < -0.4 is 0 Å². The summed E-state index contributed by atoms with van der Waals surface area (Å²) in [7, 11) is 0. The van der Waals surface area contributed by atoms with E-state index in [1.54, 1.807) is 0 Å². The van der Waals surface area contributed by atoms with E-state index in [-0.39, 0.29) is 6.04 Å². The van der Waals surface area contributed by atoms with Crippen molar-refractivity contribution >= 4 is 39.0 Å². The molecule has 1 atom stereocenters. The summed E-state index contributed by atoms with van der Waals surface area (Å²) in [5.41, 5.74) is 5.47. The minimum absolute atomic E-state index is 0.0876. The van der Waals surface area contributed by atoms with Crippen molar-refractivity contribution in [1.82, 2.24) is 9.55 Å². The Hall–Kier alpha value is -3.28. The van der Waals surface area contributed by atoms with E-state index in [1.807, 2.05) is 35.7 Å². The first-order valence-electron chi connectivity index (χ1n) is 10.4. The molecule has 1 unspecified atom stereocenters. The topological polar surface area (TPSA) is 42.5 Å². The van der Waals surface area contributed by atoms with E-state index >= 15 is 0 Å². The first kappa shape index (κ1) is 20.6. The molecule has 5 aromatic rings. The summed E-state index contributed by atoms with van der Waals surface area (Å²) >= 11 is 7.58. The molecule has 4 nitrogen and oxygen atoms in total. The Labute approximate surface area is 195 Å². The first-order chi connectivity index (χ1) is 15.7. The number of rotatable bonds is 6. The second kappa shape index (κ2) is 9.07. The van der Waals surface area contributed by atoms with Crippen molar-refractivity contribution in [2.24, 2.45) is 10.2 Å². The predicted molar refractivity (Wildman–Crippen MR) is 133 cm³/mol. The first-order valence-corrected chi connectivity index (χ1v) is 11.7. The molecule has 0 aliphatic carbocycles. The number of thiazole rings is 1. The molecule has 0 spiro atoms. The van der Waals surface area contributed by atoms with E-state index in [2.05, 4.69) is 81.4 Å². The third kappa shape index (κ3) is 4.35. The van der Waals surface area contributed by atoms with Crippen molar-refractivity contribution in [3.8, 4) is 11.3 Å². The van der Waals surface area contributed by atoms with Crippen LogP contribution >= 0.6 is 22.9 Å². The highest BCUT2D eigenvalue weighted by Crippen LogP contribution is 2.32. The highest BCUT2D eigenvalue weighted by Gasteiger charge is 2.14. The van der Waals surface area contributed by atoms with Crippen LogP contribution in [-0.2, 0) is 6.54 Å². The number of benzene rings is 3. The number of azo groups is 1. The summed E-state index contributed by atoms with van der Waals surface area (Å²) in [6, 6.07) is 26.5. The number of hydrogen-bond donors (Lipinski definition) is 0. The molecule has 5 rings (SSSR count). The molecule has 0 amide bonds. The standard InChI is InChI=1S/C26H21ClN4S/c1-18(29-30-26-28-24(17-32-26)20-10-7-11-21(27)14-20)23-16-31(15-19-8-3-2-4-9-19)25-13-6-5-12-22(23)25/h2-14,16-18H,15H2,1H3. The lowest BCUT2D eigenvalue weighted by molar-refractivity contribution is 0.754. The molecule has 0 saturated carbocycles.